The van der Waals surface area contributed by atoms with Crippen LogP contribution in [0.3, 0.4) is 0 Å². The second-order valence-corrected chi connectivity index (χ2v) is 10.8. The Labute approximate surface area is 197 Å². The van der Waals surface area contributed by atoms with E-state index in [9.17, 15) is 9.59 Å². The third kappa shape index (κ3) is 3.31. The van der Waals surface area contributed by atoms with Crippen molar-refractivity contribution in [2.75, 3.05) is 4.90 Å². The summed E-state index contributed by atoms with van der Waals surface area (Å²) < 4.78 is 6.78. The smallest absolute Gasteiger partial charge is 0.297 e. The summed E-state index contributed by atoms with van der Waals surface area (Å²) in [5.74, 6) is -0.260. The molecule has 1 atom stereocenters. The van der Waals surface area contributed by atoms with E-state index in [1.807, 2.05) is 24.4 Å². The highest BCUT2D eigenvalue weighted by molar-refractivity contribution is 9.10. The van der Waals surface area contributed by atoms with Crippen LogP contribution in [0, 0.1) is 6.92 Å². The van der Waals surface area contributed by atoms with Crippen LogP contribution in [-0.2, 0) is 5.41 Å². The van der Waals surface area contributed by atoms with Crippen LogP contribution in [0.4, 0.5) is 5.13 Å². The summed E-state index contributed by atoms with van der Waals surface area (Å²) in [5, 5.41) is 2.89. The molecule has 0 fully saturated rings. The number of rotatable bonds is 2. The second-order valence-electron chi connectivity index (χ2n) is 9.04. The predicted octanol–water partition coefficient (Wildman–Crippen LogP) is 6.37. The summed E-state index contributed by atoms with van der Waals surface area (Å²) in [7, 11) is 0. The fourth-order valence-electron chi connectivity index (χ4n) is 4.08. The maximum absolute atomic E-state index is 13.6. The van der Waals surface area contributed by atoms with Crippen molar-refractivity contribution >= 4 is 49.3 Å². The number of anilines is 1. The SMILES string of the molecule is Cc1csc(N2C(=O)c3oc4ccc(Br)cc4c(=O)c3C2c2ccc(C(C)(C)C)cc2)n1. The Morgan fingerprint density at radius 2 is 1.81 bits per heavy atom. The van der Waals surface area contributed by atoms with Gasteiger partial charge in [0, 0.05) is 9.85 Å². The number of nitrogens with zero attached hydrogens (tertiary/aromatic N) is 2. The average molecular weight is 509 g/mol. The van der Waals surface area contributed by atoms with Crippen molar-refractivity contribution in [3.63, 3.8) is 0 Å². The molecule has 1 aliphatic rings. The summed E-state index contributed by atoms with van der Waals surface area (Å²) in [5.41, 5.74) is 3.40. The molecule has 4 aromatic rings. The molecule has 5 rings (SSSR count). The second kappa shape index (κ2) is 7.39. The predicted molar refractivity (Wildman–Crippen MR) is 131 cm³/mol. The number of amides is 1. The Morgan fingerprint density at radius 1 is 1.09 bits per heavy atom. The zero-order chi connectivity index (χ0) is 22.8. The van der Waals surface area contributed by atoms with Gasteiger partial charge >= 0.3 is 0 Å². The molecule has 2 aromatic carbocycles. The van der Waals surface area contributed by atoms with Crippen LogP contribution < -0.4 is 10.3 Å². The molecular weight excluding hydrogens is 488 g/mol. The van der Waals surface area contributed by atoms with E-state index in [1.54, 1.807) is 23.1 Å². The Kier molecular flexibility index (Phi) is 4.87. The van der Waals surface area contributed by atoms with Crippen molar-refractivity contribution in [1.82, 2.24) is 4.98 Å². The quantitative estimate of drug-likeness (QED) is 0.315. The first-order valence-electron chi connectivity index (χ1n) is 10.3. The monoisotopic (exact) mass is 508 g/mol. The molecule has 5 nitrogen and oxygen atoms in total. The highest BCUT2D eigenvalue weighted by Gasteiger charge is 2.44. The third-order valence-corrected chi connectivity index (χ3v) is 7.19. The molecule has 0 spiro atoms. The van der Waals surface area contributed by atoms with Gasteiger partial charge < -0.3 is 4.42 Å². The topological polar surface area (TPSA) is 63.4 Å². The molecule has 0 aliphatic carbocycles. The van der Waals surface area contributed by atoms with E-state index in [0.717, 1.165) is 15.7 Å². The van der Waals surface area contributed by atoms with E-state index in [1.165, 1.54) is 16.9 Å². The normalized spacial score (nSPS) is 16.1. The number of hydrogen-bond acceptors (Lipinski definition) is 5. The van der Waals surface area contributed by atoms with Gasteiger partial charge in [-0.25, -0.2) is 4.98 Å². The molecule has 0 radical (unpaired) electrons. The first-order valence-corrected chi connectivity index (χ1v) is 11.9. The minimum atomic E-state index is -0.600. The summed E-state index contributed by atoms with van der Waals surface area (Å²) in [6, 6.07) is 12.7. The molecule has 2 aromatic heterocycles. The molecular formula is C25H21BrN2O3S. The molecule has 7 heteroatoms. The van der Waals surface area contributed by atoms with Gasteiger partial charge in [0.05, 0.1) is 22.7 Å². The van der Waals surface area contributed by atoms with E-state index >= 15 is 0 Å². The van der Waals surface area contributed by atoms with Crippen molar-refractivity contribution < 1.29 is 9.21 Å². The van der Waals surface area contributed by atoms with Crippen LogP contribution in [0.25, 0.3) is 11.0 Å². The van der Waals surface area contributed by atoms with Gasteiger partial charge in [0.2, 0.25) is 5.76 Å². The van der Waals surface area contributed by atoms with Crippen LogP contribution in [0.5, 0.6) is 0 Å². The summed E-state index contributed by atoms with van der Waals surface area (Å²) >= 11 is 4.81. The van der Waals surface area contributed by atoms with Crippen molar-refractivity contribution in [2.24, 2.45) is 0 Å². The number of benzene rings is 2. The fourth-order valence-corrected chi connectivity index (χ4v) is 5.26. The molecule has 0 saturated heterocycles. The first-order chi connectivity index (χ1) is 15.1. The zero-order valence-corrected chi connectivity index (χ0v) is 20.5. The Bertz CT molecular complexity index is 1430. The molecule has 3 heterocycles. The molecule has 0 saturated carbocycles. The zero-order valence-electron chi connectivity index (χ0n) is 18.1. The largest absolute Gasteiger partial charge is 0.450 e. The lowest BCUT2D eigenvalue weighted by Crippen LogP contribution is -2.29. The lowest BCUT2D eigenvalue weighted by atomic mass is 9.86. The number of aryl methyl sites for hydroxylation is 1. The van der Waals surface area contributed by atoms with E-state index in [-0.39, 0.29) is 22.5 Å². The van der Waals surface area contributed by atoms with Crippen molar-refractivity contribution in [3.8, 4) is 0 Å². The van der Waals surface area contributed by atoms with E-state index in [2.05, 4.69) is 53.8 Å². The molecule has 0 N–H and O–H groups in total. The maximum atomic E-state index is 13.6. The Morgan fingerprint density at radius 3 is 2.44 bits per heavy atom. The van der Waals surface area contributed by atoms with Crippen LogP contribution in [0.15, 0.2) is 61.5 Å². The molecule has 162 valence electrons. The average Bonchev–Trinajstić information content (AvgIpc) is 3.29. The Balaban J connectivity index is 1.77. The Hall–Kier alpha value is -2.77. The van der Waals surface area contributed by atoms with Crippen molar-refractivity contribution in [1.29, 1.82) is 0 Å². The van der Waals surface area contributed by atoms with Gasteiger partial charge in [-0.1, -0.05) is 61.0 Å². The maximum Gasteiger partial charge on any atom is 0.297 e. The van der Waals surface area contributed by atoms with E-state index in [0.29, 0.717) is 21.7 Å². The molecule has 1 amide bonds. The minimum absolute atomic E-state index is 0.00442. The number of thiazole rings is 1. The van der Waals surface area contributed by atoms with Gasteiger partial charge in [-0.2, -0.15) is 0 Å². The summed E-state index contributed by atoms with van der Waals surface area (Å²) in [6.07, 6.45) is 0. The number of halogens is 1. The standard InChI is InChI=1S/C25H21BrN2O3S/c1-13-12-32-24(27-13)28-20(14-5-7-15(8-6-14)25(2,3)4)19-21(29)17-11-16(26)9-10-18(17)31-22(19)23(28)30/h5-12,20H,1-4H3. The van der Waals surface area contributed by atoms with E-state index < -0.39 is 6.04 Å². The van der Waals surface area contributed by atoms with Crippen molar-refractivity contribution in [3.05, 3.63) is 90.7 Å². The highest BCUT2D eigenvalue weighted by atomic mass is 79.9. The third-order valence-electron chi connectivity index (χ3n) is 5.74. The highest BCUT2D eigenvalue weighted by Crippen LogP contribution is 2.42. The number of carbonyl (C=O) groups is 1. The first kappa shape index (κ1) is 21.1. The fraction of sp³-hybridized carbons (Fsp3) is 0.240. The molecule has 1 aliphatic heterocycles. The van der Waals surface area contributed by atoms with Crippen LogP contribution in [0.2, 0.25) is 0 Å². The van der Waals surface area contributed by atoms with Crippen LogP contribution >= 0.6 is 27.3 Å². The van der Waals surface area contributed by atoms with E-state index in [4.69, 9.17) is 4.42 Å². The number of fused-ring (bicyclic) bond motifs is 2. The number of hydrogen-bond donors (Lipinski definition) is 0. The molecule has 32 heavy (non-hydrogen) atoms. The van der Waals surface area contributed by atoms with Crippen molar-refractivity contribution in [2.45, 2.75) is 39.2 Å². The summed E-state index contributed by atoms with van der Waals surface area (Å²) in [4.78, 5) is 33.3. The number of aromatic nitrogens is 1. The lowest BCUT2D eigenvalue weighted by Gasteiger charge is -2.24. The van der Waals surface area contributed by atoms with Crippen LogP contribution in [-0.4, -0.2) is 10.9 Å². The lowest BCUT2D eigenvalue weighted by molar-refractivity contribution is 0.0971. The van der Waals surface area contributed by atoms with Gasteiger partial charge in [-0.15, -0.1) is 11.3 Å². The minimum Gasteiger partial charge on any atom is -0.450 e. The molecule has 0 bridgehead atoms. The van der Waals surface area contributed by atoms with Crippen LogP contribution in [0.1, 0.15) is 59.8 Å². The van der Waals surface area contributed by atoms with Gasteiger partial charge in [0.1, 0.15) is 5.58 Å². The molecule has 1 unspecified atom stereocenters. The van der Waals surface area contributed by atoms with Gasteiger partial charge in [0.25, 0.3) is 5.91 Å². The van der Waals surface area contributed by atoms with Gasteiger partial charge in [0.15, 0.2) is 10.6 Å². The number of carbonyl (C=O) groups excluding carboxylic acids is 1. The van der Waals surface area contributed by atoms with Gasteiger partial charge in [-0.3, -0.25) is 14.5 Å². The summed E-state index contributed by atoms with van der Waals surface area (Å²) in [6.45, 7) is 8.34. The van der Waals surface area contributed by atoms with Gasteiger partial charge in [-0.05, 0) is 41.7 Å².